The lowest BCUT2D eigenvalue weighted by Crippen LogP contribution is -2.28. The molecule has 0 amide bonds. The average molecular weight is 432 g/mol. The van der Waals surface area contributed by atoms with Gasteiger partial charge >= 0.3 is 0 Å². The minimum atomic E-state index is 0.776. The summed E-state index contributed by atoms with van der Waals surface area (Å²) in [6.45, 7) is 11.1. The van der Waals surface area contributed by atoms with Gasteiger partial charge in [0.05, 0.1) is 11.6 Å². The highest BCUT2D eigenvalue weighted by Crippen LogP contribution is 2.26. The summed E-state index contributed by atoms with van der Waals surface area (Å²) in [5.74, 6) is 0. The van der Waals surface area contributed by atoms with E-state index in [9.17, 15) is 5.26 Å². The van der Waals surface area contributed by atoms with Crippen molar-refractivity contribution in [1.82, 2.24) is 19.6 Å². The smallest absolute Gasteiger partial charge is 0.0998 e. The fraction of sp³-hybridized carbons (Fsp3) is 0.519. The van der Waals surface area contributed by atoms with E-state index in [4.69, 9.17) is 0 Å². The highest BCUT2D eigenvalue weighted by molar-refractivity contribution is 5.71. The van der Waals surface area contributed by atoms with Gasteiger partial charge in [-0.1, -0.05) is 36.4 Å². The molecule has 0 spiro atoms. The monoisotopic (exact) mass is 431 g/mol. The van der Waals surface area contributed by atoms with Gasteiger partial charge in [-0.15, -0.1) is 0 Å². The molecule has 2 aliphatic rings. The van der Waals surface area contributed by atoms with Gasteiger partial charge in [-0.05, 0) is 81.4 Å². The number of hydrogen-bond acceptors (Lipinski definition) is 5. The van der Waals surface area contributed by atoms with Gasteiger partial charge < -0.3 is 9.80 Å². The Morgan fingerprint density at radius 1 is 0.688 bits per heavy atom. The number of hydrogen-bond donors (Lipinski definition) is 0. The molecule has 5 nitrogen and oxygen atoms in total. The van der Waals surface area contributed by atoms with Crippen molar-refractivity contribution >= 4 is 0 Å². The Morgan fingerprint density at radius 3 is 1.84 bits per heavy atom. The van der Waals surface area contributed by atoms with E-state index in [0.29, 0.717) is 0 Å². The first-order valence-corrected chi connectivity index (χ1v) is 12.0. The van der Waals surface area contributed by atoms with Crippen LogP contribution in [0.3, 0.4) is 0 Å². The zero-order valence-electron chi connectivity index (χ0n) is 19.8. The quantitative estimate of drug-likeness (QED) is 0.724. The summed E-state index contributed by atoms with van der Waals surface area (Å²) in [5.41, 5.74) is 5.52. The molecule has 0 radical (unpaired) electrons. The number of benzene rings is 2. The van der Waals surface area contributed by atoms with Crippen molar-refractivity contribution in [2.45, 2.75) is 25.9 Å². The van der Waals surface area contributed by atoms with E-state index in [-0.39, 0.29) is 0 Å². The molecule has 2 aromatic carbocycles. The van der Waals surface area contributed by atoms with E-state index in [1.165, 1.54) is 43.6 Å². The molecule has 0 aromatic heterocycles. The van der Waals surface area contributed by atoms with Crippen LogP contribution >= 0.6 is 0 Å². The molecule has 2 fully saturated rings. The summed E-state index contributed by atoms with van der Waals surface area (Å²) in [4.78, 5) is 9.88. The van der Waals surface area contributed by atoms with Crippen LogP contribution in [0.15, 0.2) is 42.5 Å². The Morgan fingerprint density at radius 2 is 1.25 bits per heavy atom. The number of rotatable bonds is 5. The van der Waals surface area contributed by atoms with Crippen molar-refractivity contribution in [1.29, 1.82) is 5.26 Å². The molecular formula is C27H37N5. The second kappa shape index (κ2) is 11.1. The molecule has 170 valence electrons. The van der Waals surface area contributed by atoms with E-state index < -0.39 is 0 Å². The molecule has 5 heteroatoms. The normalized spacial score (nSPS) is 19.9. The van der Waals surface area contributed by atoms with Gasteiger partial charge in [-0.3, -0.25) is 9.80 Å². The lowest BCUT2D eigenvalue weighted by molar-refractivity contribution is 0.269. The van der Waals surface area contributed by atoms with Crippen molar-refractivity contribution in [3.63, 3.8) is 0 Å². The third-order valence-corrected chi connectivity index (χ3v) is 6.91. The molecule has 2 aromatic rings. The van der Waals surface area contributed by atoms with Crippen LogP contribution in [0.25, 0.3) is 11.1 Å². The van der Waals surface area contributed by atoms with Gasteiger partial charge in [-0.2, -0.15) is 5.26 Å². The summed E-state index contributed by atoms with van der Waals surface area (Å²) < 4.78 is 0. The molecule has 32 heavy (non-hydrogen) atoms. The van der Waals surface area contributed by atoms with E-state index in [2.05, 4.69) is 82.2 Å². The number of likely N-dealkylation sites (N-methyl/N-ethyl adjacent to an activating group) is 2. The van der Waals surface area contributed by atoms with Crippen molar-refractivity contribution in [2.24, 2.45) is 0 Å². The predicted octanol–water partition coefficient (Wildman–Crippen LogP) is 3.50. The number of nitrogens with zero attached hydrogens (tertiary/aromatic N) is 5. The Labute approximate surface area is 193 Å². The van der Waals surface area contributed by atoms with Crippen LogP contribution in [0.1, 0.15) is 29.5 Å². The lowest BCUT2D eigenvalue weighted by Gasteiger charge is -2.21. The van der Waals surface area contributed by atoms with Gasteiger partial charge in [0.25, 0.3) is 0 Å². The lowest BCUT2D eigenvalue weighted by atomic mass is 9.97. The molecule has 2 saturated heterocycles. The SMILES string of the molecule is CN1CCCN(Cc2ccc(-c3ccc(CN4CCCN(C)CC4)cc3C#N)cc2)CC1. The van der Waals surface area contributed by atoms with Crippen LogP contribution in [-0.2, 0) is 13.1 Å². The molecule has 0 bridgehead atoms. The van der Waals surface area contributed by atoms with Gasteiger partial charge in [0, 0.05) is 39.3 Å². The highest BCUT2D eigenvalue weighted by Gasteiger charge is 2.15. The van der Waals surface area contributed by atoms with Crippen LogP contribution in [0.4, 0.5) is 0 Å². The Kier molecular flexibility index (Phi) is 7.94. The van der Waals surface area contributed by atoms with Crippen molar-refractivity contribution < 1.29 is 0 Å². The molecule has 0 atom stereocenters. The zero-order valence-corrected chi connectivity index (χ0v) is 19.8. The summed E-state index contributed by atoms with van der Waals surface area (Å²) >= 11 is 0. The topological polar surface area (TPSA) is 36.8 Å². The highest BCUT2D eigenvalue weighted by atomic mass is 15.2. The molecule has 0 unspecified atom stereocenters. The Balaban J connectivity index is 1.42. The molecular weight excluding hydrogens is 394 g/mol. The van der Waals surface area contributed by atoms with Crippen LogP contribution in [0.2, 0.25) is 0 Å². The standard InChI is InChI=1S/C27H37N5/c1-29-11-3-13-31(17-15-29)21-23-5-8-25(9-6-23)27-10-7-24(19-26(27)20-28)22-32-14-4-12-30(2)16-18-32/h5-10,19H,3-4,11-18,21-22H2,1-2H3. The second-order valence-electron chi connectivity index (χ2n) is 9.55. The fourth-order valence-corrected chi connectivity index (χ4v) is 4.86. The summed E-state index contributed by atoms with van der Waals surface area (Å²) in [6, 6.07) is 17.7. The minimum Gasteiger partial charge on any atom is -0.305 e. The molecule has 2 aliphatic heterocycles. The maximum absolute atomic E-state index is 9.83. The third-order valence-electron chi connectivity index (χ3n) is 6.91. The van der Waals surface area contributed by atoms with Crippen LogP contribution in [0, 0.1) is 11.3 Å². The maximum atomic E-state index is 9.83. The van der Waals surface area contributed by atoms with E-state index in [1.54, 1.807) is 0 Å². The average Bonchev–Trinajstić information content (AvgIpc) is 3.14. The Bertz CT molecular complexity index is 917. The van der Waals surface area contributed by atoms with Crippen LogP contribution < -0.4 is 0 Å². The first-order valence-electron chi connectivity index (χ1n) is 12.0. The van der Waals surface area contributed by atoms with Gasteiger partial charge in [-0.25, -0.2) is 0 Å². The van der Waals surface area contributed by atoms with Gasteiger partial charge in [0.2, 0.25) is 0 Å². The number of nitriles is 1. The first kappa shape index (κ1) is 22.9. The maximum Gasteiger partial charge on any atom is 0.0998 e. The largest absolute Gasteiger partial charge is 0.305 e. The Hall–Kier alpha value is -2.23. The fourth-order valence-electron chi connectivity index (χ4n) is 4.86. The van der Waals surface area contributed by atoms with Gasteiger partial charge in [0.15, 0.2) is 0 Å². The first-order chi connectivity index (χ1) is 15.6. The molecule has 0 saturated carbocycles. The van der Waals surface area contributed by atoms with Crippen LogP contribution in [0.5, 0.6) is 0 Å². The summed E-state index contributed by atoms with van der Waals surface area (Å²) in [7, 11) is 4.41. The van der Waals surface area contributed by atoms with Crippen molar-refractivity contribution in [3.05, 3.63) is 59.2 Å². The minimum absolute atomic E-state index is 0.776. The zero-order chi connectivity index (χ0) is 22.3. The summed E-state index contributed by atoms with van der Waals surface area (Å²) in [6.07, 6.45) is 2.45. The molecule has 0 N–H and O–H groups in total. The third kappa shape index (κ3) is 6.17. The second-order valence-corrected chi connectivity index (χ2v) is 9.55. The van der Waals surface area contributed by atoms with E-state index in [0.717, 1.165) is 62.5 Å². The van der Waals surface area contributed by atoms with Crippen LogP contribution in [-0.4, -0.2) is 86.1 Å². The van der Waals surface area contributed by atoms with E-state index >= 15 is 0 Å². The predicted molar refractivity (Wildman–Crippen MR) is 131 cm³/mol. The van der Waals surface area contributed by atoms with E-state index in [1.807, 2.05) is 0 Å². The molecule has 4 rings (SSSR count). The summed E-state index contributed by atoms with van der Waals surface area (Å²) in [5, 5.41) is 9.83. The molecule has 2 heterocycles. The molecule has 0 aliphatic carbocycles. The van der Waals surface area contributed by atoms with Crippen molar-refractivity contribution in [3.8, 4) is 17.2 Å². The van der Waals surface area contributed by atoms with Gasteiger partial charge in [0.1, 0.15) is 0 Å². The van der Waals surface area contributed by atoms with Crippen molar-refractivity contribution in [2.75, 3.05) is 66.5 Å².